The van der Waals surface area contributed by atoms with Crippen LogP contribution in [0.4, 0.5) is 0 Å². The van der Waals surface area contributed by atoms with Gasteiger partial charge >= 0.3 is 0 Å². The molecule has 19 heavy (non-hydrogen) atoms. The van der Waals surface area contributed by atoms with Crippen LogP contribution in [-0.2, 0) is 4.79 Å². The Hall–Kier alpha value is -1.89. The molecule has 0 saturated heterocycles. The van der Waals surface area contributed by atoms with Crippen molar-refractivity contribution >= 4 is 11.9 Å². The highest BCUT2D eigenvalue weighted by molar-refractivity contribution is 5.81. The lowest BCUT2D eigenvalue weighted by atomic mass is 10.0. The molecule has 0 amide bonds. The summed E-state index contributed by atoms with van der Waals surface area (Å²) in [4.78, 5) is 10.6. The van der Waals surface area contributed by atoms with Gasteiger partial charge in [-0.3, -0.25) is 4.79 Å². The molecule has 0 fully saturated rings. The third-order valence-electron chi connectivity index (χ3n) is 2.41. The molecule has 1 aromatic rings. The first kappa shape index (κ1) is 17.1. The molecule has 0 atom stereocenters. The predicted octanol–water partition coefficient (Wildman–Crippen LogP) is 5.21. The second kappa shape index (κ2) is 11.2. The Morgan fingerprint density at radius 1 is 0.947 bits per heavy atom. The van der Waals surface area contributed by atoms with E-state index in [0.29, 0.717) is 0 Å². The van der Waals surface area contributed by atoms with Gasteiger partial charge in [-0.25, -0.2) is 0 Å². The standard InChI is InChI=1S/C14H12O.2C2H6/c15-11-12-5-4-8-14(10-9-12)13-6-2-1-3-7-13;2*1-2/h1-7,9-11H,8H2;2*1-2H3. The molecule has 0 unspecified atom stereocenters. The van der Waals surface area contributed by atoms with Crippen LogP contribution in [0.1, 0.15) is 39.7 Å². The number of hydrogen-bond donors (Lipinski definition) is 0. The highest BCUT2D eigenvalue weighted by Gasteiger charge is 2.00. The van der Waals surface area contributed by atoms with Crippen LogP contribution in [-0.4, -0.2) is 6.29 Å². The smallest absolute Gasteiger partial charge is 0.150 e. The van der Waals surface area contributed by atoms with Crippen molar-refractivity contribution in [2.45, 2.75) is 34.1 Å². The van der Waals surface area contributed by atoms with Gasteiger partial charge in [-0.1, -0.05) is 82.3 Å². The van der Waals surface area contributed by atoms with Gasteiger partial charge in [0.05, 0.1) is 0 Å². The molecule has 0 bridgehead atoms. The van der Waals surface area contributed by atoms with Gasteiger partial charge in [0.15, 0.2) is 0 Å². The van der Waals surface area contributed by atoms with E-state index in [2.05, 4.69) is 12.1 Å². The summed E-state index contributed by atoms with van der Waals surface area (Å²) in [7, 11) is 0. The Bertz CT molecular complexity index is 436. The van der Waals surface area contributed by atoms with Crippen molar-refractivity contribution in [2.75, 3.05) is 0 Å². The number of benzene rings is 1. The van der Waals surface area contributed by atoms with Gasteiger partial charge in [0, 0.05) is 5.57 Å². The van der Waals surface area contributed by atoms with E-state index in [0.717, 1.165) is 18.3 Å². The summed E-state index contributed by atoms with van der Waals surface area (Å²) in [5.74, 6) is 0. The van der Waals surface area contributed by atoms with E-state index in [1.165, 1.54) is 11.1 Å². The van der Waals surface area contributed by atoms with Crippen molar-refractivity contribution < 1.29 is 4.79 Å². The molecular weight excluding hydrogens is 232 g/mol. The monoisotopic (exact) mass is 256 g/mol. The Labute approximate surface area is 117 Å². The summed E-state index contributed by atoms with van der Waals surface area (Å²) >= 11 is 0. The molecule has 0 spiro atoms. The molecule has 1 aromatic carbocycles. The van der Waals surface area contributed by atoms with Crippen LogP contribution in [0.2, 0.25) is 0 Å². The highest BCUT2D eigenvalue weighted by atomic mass is 16.1. The summed E-state index contributed by atoms with van der Waals surface area (Å²) in [5.41, 5.74) is 3.18. The number of hydrogen-bond acceptors (Lipinski definition) is 1. The Morgan fingerprint density at radius 3 is 2.16 bits per heavy atom. The molecule has 1 aliphatic rings. The number of rotatable bonds is 2. The van der Waals surface area contributed by atoms with E-state index in [1.807, 2.05) is 70.2 Å². The van der Waals surface area contributed by atoms with Gasteiger partial charge < -0.3 is 0 Å². The maximum Gasteiger partial charge on any atom is 0.150 e. The van der Waals surface area contributed by atoms with Crippen LogP contribution >= 0.6 is 0 Å². The fourth-order valence-corrected chi connectivity index (χ4v) is 1.59. The second-order valence-corrected chi connectivity index (χ2v) is 3.45. The van der Waals surface area contributed by atoms with Crippen LogP contribution < -0.4 is 0 Å². The normalized spacial score (nSPS) is 12.6. The molecule has 102 valence electrons. The molecule has 0 heterocycles. The van der Waals surface area contributed by atoms with Crippen molar-refractivity contribution in [3.05, 3.63) is 65.8 Å². The van der Waals surface area contributed by atoms with E-state index in [-0.39, 0.29) is 0 Å². The van der Waals surface area contributed by atoms with Crippen LogP contribution in [0.5, 0.6) is 0 Å². The first-order valence-corrected chi connectivity index (χ1v) is 6.98. The lowest BCUT2D eigenvalue weighted by Gasteiger charge is -2.02. The fourth-order valence-electron chi connectivity index (χ4n) is 1.59. The summed E-state index contributed by atoms with van der Waals surface area (Å²) < 4.78 is 0. The van der Waals surface area contributed by atoms with E-state index in [1.54, 1.807) is 0 Å². The molecule has 1 aliphatic carbocycles. The van der Waals surface area contributed by atoms with Crippen molar-refractivity contribution in [3.8, 4) is 0 Å². The number of carbonyl (C=O) groups is 1. The zero-order valence-electron chi connectivity index (χ0n) is 12.4. The van der Waals surface area contributed by atoms with Crippen LogP contribution in [0.15, 0.2) is 60.2 Å². The Balaban J connectivity index is 0.000000741. The van der Waals surface area contributed by atoms with E-state index in [9.17, 15) is 4.79 Å². The maximum absolute atomic E-state index is 10.6. The largest absolute Gasteiger partial charge is 0.298 e. The minimum atomic E-state index is 0.723. The minimum absolute atomic E-state index is 0.723. The summed E-state index contributed by atoms with van der Waals surface area (Å²) in [6, 6.07) is 10.2. The zero-order valence-corrected chi connectivity index (χ0v) is 12.4. The molecule has 1 nitrogen and oxygen atoms in total. The van der Waals surface area contributed by atoms with E-state index >= 15 is 0 Å². The van der Waals surface area contributed by atoms with Gasteiger partial charge in [0.25, 0.3) is 0 Å². The minimum Gasteiger partial charge on any atom is -0.298 e. The van der Waals surface area contributed by atoms with Crippen molar-refractivity contribution in [2.24, 2.45) is 0 Å². The average Bonchev–Trinajstić information content (AvgIpc) is 2.77. The summed E-state index contributed by atoms with van der Waals surface area (Å²) in [5, 5.41) is 0. The lowest BCUT2D eigenvalue weighted by molar-refractivity contribution is -0.104. The summed E-state index contributed by atoms with van der Waals surface area (Å²) in [6.07, 6.45) is 9.50. The SMILES string of the molecule is CC.CC.O=CC1=CC=C(c2ccccc2)CC=C1. The van der Waals surface area contributed by atoms with Crippen LogP contribution in [0.3, 0.4) is 0 Å². The van der Waals surface area contributed by atoms with Gasteiger partial charge in [0.2, 0.25) is 0 Å². The molecular formula is C18H24O. The lowest BCUT2D eigenvalue weighted by Crippen LogP contribution is -1.80. The molecule has 0 radical (unpaired) electrons. The van der Waals surface area contributed by atoms with Crippen molar-refractivity contribution in [1.29, 1.82) is 0 Å². The third kappa shape index (κ3) is 6.01. The van der Waals surface area contributed by atoms with Gasteiger partial charge in [-0.05, 0) is 17.6 Å². The topological polar surface area (TPSA) is 17.1 Å². The number of carbonyl (C=O) groups excluding carboxylic acids is 1. The Morgan fingerprint density at radius 2 is 1.58 bits per heavy atom. The third-order valence-corrected chi connectivity index (χ3v) is 2.41. The molecule has 0 aliphatic heterocycles. The Kier molecular flexibility index (Phi) is 10.1. The average molecular weight is 256 g/mol. The number of allylic oxidation sites excluding steroid dienone is 6. The predicted molar refractivity (Wildman–Crippen MR) is 85.0 cm³/mol. The quantitative estimate of drug-likeness (QED) is 0.664. The fraction of sp³-hybridized carbons (Fsp3) is 0.278. The van der Waals surface area contributed by atoms with Gasteiger partial charge in [-0.15, -0.1) is 0 Å². The van der Waals surface area contributed by atoms with Crippen LogP contribution in [0.25, 0.3) is 5.57 Å². The van der Waals surface area contributed by atoms with Gasteiger partial charge in [-0.2, -0.15) is 0 Å². The van der Waals surface area contributed by atoms with Crippen molar-refractivity contribution in [3.63, 3.8) is 0 Å². The first-order chi connectivity index (χ1) is 9.40. The second-order valence-electron chi connectivity index (χ2n) is 3.45. The first-order valence-electron chi connectivity index (χ1n) is 6.98. The maximum atomic E-state index is 10.6. The van der Waals surface area contributed by atoms with Gasteiger partial charge in [0.1, 0.15) is 6.29 Å². The number of aldehydes is 1. The highest BCUT2D eigenvalue weighted by Crippen LogP contribution is 2.21. The molecule has 0 aromatic heterocycles. The molecule has 2 rings (SSSR count). The van der Waals surface area contributed by atoms with E-state index in [4.69, 9.17) is 0 Å². The molecule has 0 saturated carbocycles. The molecule has 0 N–H and O–H groups in total. The zero-order chi connectivity index (χ0) is 14.5. The van der Waals surface area contributed by atoms with E-state index < -0.39 is 0 Å². The summed E-state index contributed by atoms with van der Waals surface area (Å²) in [6.45, 7) is 8.00. The van der Waals surface area contributed by atoms with Crippen LogP contribution in [0, 0.1) is 0 Å². The van der Waals surface area contributed by atoms with Crippen molar-refractivity contribution in [1.82, 2.24) is 0 Å². The molecule has 1 heteroatoms.